The molecule has 0 saturated carbocycles. The Kier molecular flexibility index (Phi) is 6.70. The standard InChI is InChI=1S/C8H16N2OS/c1-3-6-11-7-4-5-10(2)8(9)12/h3H,1,4-7H2,2H3,(H2,9,12). The van der Waals surface area contributed by atoms with Crippen LogP contribution in [0.3, 0.4) is 0 Å². The predicted octanol–water partition coefficient (Wildman–Crippen LogP) is 0.754. The van der Waals surface area contributed by atoms with E-state index < -0.39 is 0 Å². The normalized spacial score (nSPS) is 9.42. The van der Waals surface area contributed by atoms with Crippen molar-refractivity contribution in [3.63, 3.8) is 0 Å². The van der Waals surface area contributed by atoms with E-state index >= 15 is 0 Å². The van der Waals surface area contributed by atoms with Gasteiger partial charge in [-0.25, -0.2) is 0 Å². The quantitative estimate of drug-likeness (QED) is 0.379. The second kappa shape index (κ2) is 7.06. The van der Waals surface area contributed by atoms with Crippen molar-refractivity contribution in [1.29, 1.82) is 0 Å². The van der Waals surface area contributed by atoms with Crippen LogP contribution in [0, 0.1) is 0 Å². The van der Waals surface area contributed by atoms with Gasteiger partial charge in [-0.2, -0.15) is 0 Å². The van der Waals surface area contributed by atoms with Crippen LogP contribution in [0.1, 0.15) is 6.42 Å². The summed E-state index contributed by atoms with van der Waals surface area (Å²) in [5.41, 5.74) is 5.38. The Labute approximate surface area is 79.2 Å². The maximum absolute atomic E-state index is 5.38. The molecule has 0 aromatic rings. The highest BCUT2D eigenvalue weighted by Crippen LogP contribution is 1.88. The average Bonchev–Trinajstić information content (AvgIpc) is 2.03. The summed E-state index contributed by atoms with van der Waals surface area (Å²) in [6, 6.07) is 0. The molecule has 0 bridgehead atoms. The summed E-state index contributed by atoms with van der Waals surface area (Å²) in [4.78, 5) is 1.83. The lowest BCUT2D eigenvalue weighted by atomic mass is 10.4. The van der Waals surface area contributed by atoms with Gasteiger partial charge in [0, 0.05) is 20.2 Å². The van der Waals surface area contributed by atoms with E-state index in [1.54, 1.807) is 6.08 Å². The van der Waals surface area contributed by atoms with Crippen LogP contribution in [0.5, 0.6) is 0 Å². The number of rotatable bonds is 6. The van der Waals surface area contributed by atoms with Crippen LogP contribution in [0.25, 0.3) is 0 Å². The van der Waals surface area contributed by atoms with Crippen molar-refractivity contribution in [2.75, 3.05) is 26.8 Å². The molecule has 70 valence electrons. The van der Waals surface area contributed by atoms with Crippen LogP contribution in [-0.4, -0.2) is 36.8 Å². The Hall–Kier alpha value is -0.610. The Bertz CT molecular complexity index is 150. The number of thiocarbonyl (C=S) groups is 1. The van der Waals surface area contributed by atoms with Crippen molar-refractivity contribution in [3.05, 3.63) is 12.7 Å². The molecule has 0 aromatic carbocycles. The van der Waals surface area contributed by atoms with E-state index in [9.17, 15) is 0 Å². The zero-order valence-electron chi connectivity index (χ0n) is 7.45. The highest BCUT2D eigenvalue weighted by atomic mass is 32.1. The molecular formula is C8H16N2OS. The van der Waals surface area contributed by atoms with Crippen molar-refractivity contribution in [1.82, 2.24) is 4.90 Å². The topological polar surface area (TPSA) is 38.5 Å². The van der Waals surface area contributed by atoms with Crippen LogP contribution in [0.2, 0.25) is 0 Å². The molecule has 0 saturated heterocycles. The fourth-order valence-corrected chi connectivity index (χ4v) is 0.772. The van der Waals surface area contributed by atoms with Crippen molar-refractivity contribution in [2.45, 2.75) is 6.42 Å². The molecule has 0 aliphatic heterocycles. The van der Waals surface area contributed by atoms with Gasteiger partial charge in [0.2, 0.25) is 0 Å². The van der Waals surface area contributed by atoms with Crippen molar-refractivity contribution < 1.29 is 4.74 Å². The highest BCUT2D eigenvalue weighted by molar-refractivity contribution is 7.80. The van der Waals surface area contributed by atoms with Crippen LogP contribution in [0.15, 0.2) is 12.7 Å². The molecule has 0 radical (unpaired) electrons. The molecule has 0 amide bonds. The third kappa shape index (κ3) is 6.12. The van der Waals surface area contributed by atoms with E-state index in [2.05, 4.69) is 6.58 Å². The molecular weight excluding hydrogens is 172 g/mol. The van der Waals surface area contributed by atoms with Crippen LogP contribution < -0.4 is 5.73 Å². The van der Waals surface area contributed by atoms with Crippen LogP contribution >= 0.6 is 12.2 Å². The third-order valence-electron chi connectivity index (χ3n) is 1.39. The molecule has 2 N–H and O–H groups in total. The van der Waals surface area contributed by atoms with E-state index in [0.717, 1.165) is 19.6 Å². The molecule has 0 atom stereocenters. The van der Waals surface area contributed by atoms with Gasteiger partial charge in [0.15, 0.2) is 5.11 Å². The molecule has 3 nitrogen and oxygen atoms in total. The summed E-state index contributed by atoms with van der Waals surface area (Å²) >= 11 is 4.77. The predicted molar refractivity (Wildman–Crippen MR) is 55.0 cm³/mol. The van der Waals surface area contributed by atoms with E-state index in [0.29, 0.717) is 11.7 Å². The maximum Gasteiger partial charge on any atom is 0.166 e. The summed E-state index contributed by atoms with van der Waals surface area (Å²) in [5, 5.41) is 0.429. The molecule has 0 aromatic heterocycles. The Morgan fingerprint density at radius 2 is 2.42 bits per heavy atom. The minimum atomic E-state index is 0.429. The average molecular weight is 188 g/mol. The minimum absolute atomic E-state index is 0.429. The largest absolute Gasteiger partial charge is 0.377 e. The molecule has 0 unspecified atom stereocenters. The smallest absolute Gasteiger partial charge is 0.166 e. The van der Waals surface area contributed by atoms with Gasteiger partial charge < -0.3 is 15.4 Å². The zero-order valence-corrected chi connectivity index (χ0v) is 8.27. The molecule has 4 heteroatoms. The van der Waals surface area contributed by atoms with E-state index in [1.807, 2.05) is 11.9 Å². The monoisotopic (exact) mass is 188 g/mol. The maximum atomic E-state index is 5.38. The number of ether oxygens (including phenoxy) is 1. The van der Waals surface area contributed by atoms with E-state index in [1.165, 1.54) is 0 Å². The van der Waals surface area contributed by atoms with E-state index in [4.69, 9.17) is 22.7 Å². The first-order valence-corrected chi connectivity index (χ1v) is 4.28. The number of hydrogen-bond donors (Lipinski definition) is 1. The molecule has 0 fully saturated rings. The second-order valence-electron chi connectivity index (χ2n) is 2.48. The SMILES string of the molecule is C=CCOCCCN(C)C(N)=S. The molecule has 0 spiro atoms. The lowest BCUT2D eigenvalue weighted by molar-refractivity contribution is 0.155. The Morgan fingerprint density at radius 1 is 1.75 bits per heavy atom. The Morgan fingerprint density at radius 3 is 2.92 bits per heavy atom. The summed E-state index contributed by atoms with van der Waals surface area (Å²) in [6.07, 6.45) is 2.67. The summed E-state index contributed by atoms with van der Waals surface area (Å²) in [7, 11) is 1.87. The third-order valence-corrected chi connectivity index (χ3v) is 1.71. The van der Waals surface area contributed by atoms with Gasteiger partial charge >= 0.3 is 0 Å². The van der Waals surface area contributed by atoms with Crippen LogP contribution in [0.4, 0.5) is 0 Å². The molecule has 0 aliphatic rings. The first kappa shape index (κ1) is 11.4. The molecule has 12 heavy (non-hydrogen) atoms. The summed E-state index contributed by atoms with van der Waals surface area (Å²) in [6.45, 7) is 5.71. The number of nitrogens with two attached hydrogens (primary N) is 1. The number of hydrogen-bond acceptors (Lipinski definition) is 2. The van der Waals surface area contributed by atoms with E-state index in [-0.39, 0.29) is 0 Å². The van der Waals surface area contributed by atoms with Gasteiger partial charge in [-0.15, -0.1) is 6.58 Å². The fraction of sp³-hybridized carbons (Fsp3) is 0.625. The van der Waals surface area contributed by atoms with Gasteiger partial charge in [0.05, 0.1) is 6.61 Å². The zero-order chi connectivity index (χ0) is 9.40. The summed E-state index contributed by atoms with van der Waals surface area (Å²) in [5.74, 6) is 0. The second-order valence-corrected chi connectivity index (χ2v) is 2.90. The fourth-order valence-electron chi connectivity index (χ4n) is 0.681. The Balaban J connectivity index is 3.19. The van der Waals surface area contributed by atoms with Gasteiger partial charge in [0.25, 0.3) is 0 Å². The van der Waals surface area contributed by atoms with Crippen LogP contribution in [-0.2, 0) is 4.74 Å². The first-order valence-electron chi connectivity index (χ1n) is 3.87. The van der Waals surface area contributed by atoms with Crippen molar-refractivity contribution >= 4 is 17.3 Å². The lowest BCUT2D eigenvalue weighted by Gasteiger charge is -2.15. The van der Waals surface area contributed by atoms with Crippen molar-refractivity contribution in [2.24, 2.45) is 5.73 Å². The first-order chi connectivity index (χ1) is 5.68. The molecule has 0 rings (SSSR count). The van der Waals surface area contributed by atoms with Crippen molar-refractivity contribution in [3.8, 4) is 0 Å². The van der Waals surface area contributed by atoms with Gasteiger partial charge in [-0.3, -0.25) is 0 Å². The molecule has 0 aliphatic carbocycles. The summed E-state index contributed by atoms with van der Waals surface area (Å²) < 4.78 is 5.18. The van der Waals surface area contributed by atoms with Gasteiger partial charge in [-0.1, -0.05) is 6.08 Å². The lowest BCUT2D eigenvalue weighted by Crippen LogP contribution is -2.32. The minimum Gasteiger partial charge on any atom is -0.377 e. The van der Waals surface area contributed by atoms with Gasteiger partial charge in [-0.05, 0) is 18.6 Å². The highest BCUT2D eigenvalue weighted by Gasteiger charge is 1.97. The number of nitrogens with zero attached hydrogens (tertiary/aromatic N) is 1. The van der Waals surface area contributed by atoms with Gasteiger partial charge in [0.1, 0.15) is 0 Å². The molecule has 0 heterocycles.